The second kappa shape index (κ2) is 12.2. The summed E-state index contributed by atoms with van der Waals surface area (Å²) in [6.45, 7) is -0.857. The van der Waals surface area contributed by atoms with E-state index in [0.717, 1.165) is 0 Å². The quantitative estimate of drug-likeness (QED) is 0.270. The molecular formula is C29H29F6NO3. The standard InChI is InChI=1S/C29H29F6NO3/c30-28(31,32)21-8-4-7-20(15-21)18-36(19-27(37)29(33,34)35)22-9-5-12-24(16-22)39-26-14-6-13-25(17-26)38-23-10-2-1-3-11-23/h1-3,5-6,9-14,16-17,20-21,27,37H,4,7-8,15,18-19H2. The largest absolute Gasteiger partial charge is 0.457 e. The number of para-hydroxylation sites is 1. The van der Waals surface area contributed by atoms with E-state index in [1.54, 1.807) is 54.6 Å². The summed E-state index contributed by atoms with van der Waals surface area (Å²) in [4.78, 5) is 1.30. The number of aliphatic hydroxyl groups is 1. The van der Waals surface area contributed by atoms with Crippen molar-refractivity contribution in [2.24, 2.45) is 11.8 Å². The third-order valence-corrected chi connectivity index (χ3v) is 6.70. The van der Waals surface area contributed by atoms with Crippen molar-refractivity contribution >= 4 is 5.69 Å². The number of ether oxygens (including phenoxy) is 2. The van der Waals surface area contributed by atoms with E-state index in [9.17, 15) is 31.4 Å². The average molecular weight is 554 g/mol. The molecule has 1 aliphatic rings. The van der Waals surface area contributed by atoms with Gasteiger partial charge in [-0.05, 0) is 61.6 Å². The van der Waals surface area contributed by atoms with E-state index in [1.165, 1.54) is 11.0 Å². The second-order valence-corrected chi connectivity index (χ2v) is 9.72. The van der Waals surface area contributed by atoms with Crippen LogP contribution < -0.4 is 14.4 Å². The number of nitrogens with zero attached hydrogens (tertiary/aromatic N) is 1. The van der Waals surface area contributed by atoms with Gasteiger partial charge in [0.15, 0.2) is 6.10 Å². The normalized spacial score (nSPS) is 18.8. The van der Waals surface area contributed by atoms with Crippen LogP contribution in [0.2, 0.25) is 0 Å². The summed E-state index contributed by atoms with van der Waals surface area (Å²) in [5.41, 5.74) is 0.307. The maximum Gasteiger partial charge on any atom is 0.416 e. The number of hydrogen-bond acceptors (Lipinski definition) is 4. The summed E-state index contributed by atoms with van der Waals surface area (Å²) in [5, 5.41) is 9.79. The van der Waals surface area contributed by atoms with Crippen LogP contribution in [0.15, 0.2) is 78.9 Å². The first kappa shape index (κ1) is 28.6. The van der Waals surface area contributed by atoms with Crippen molar-refractivity contribution in [3.63, 3.8) is 0 Å². The van der Waals surface area contributed by atoms with Gasteiger partial charge in [0, 0.05) is 24.4 Å². The summed E-state index contributed by atoms with van der Waals surface area (Å²) in [5.74, 6) is -0.0735. The molecule has 4 rings (SSSR count). The molecule has 0 saturated heterocycles. The molecule has 3 unspecified atom stereocenters. The Bertz CT molecular complexity index is 1200. The van der Waals surface area contributed by atoms with Crippen LogP contribution in [0.5, 0.6) is 23.0 Å². The van der Waals surface area contributed by atoms with Crippen LogP contribution in [-0.2, 0) is 0 Å². The van der Waals surface area contributed by atoms with Crippen molar-refractivity contribution < 1.29 is 40.9 Å². The van der Waals surface area contributed by atoms with E-state index in [0.29, 0.717) is 41.5 Å². The Kier molecular flexibility index (Phi) is 8.94. The molecule has 0 aliphatic heterocycles. The molecule has 0 heterocycles. The fraction of sp³-hybridized carbons (Fsp3) is 0.379. The molecular weight excluding hydrogens is 524 g/mol. The monoisotopic (exact) mass is 553 g/mol. The minimum absolute atomic E-state index is 0.0154. The van der Waals surface area contributed by atoms with Gasteiger partial charge in [-0.3, -0.25) is 0 Å². The molecule has 10 heteroatoms. The van der Waals surface area contributed by atoms with Gasteiger partial charge in [-0.25, -0.2) is 0 Å². The zero-order valence-electron chi connectivity index (χ0n) is 21.0. The predicted molar refractivity (Wildman–Crippen MR) is 135 cm³/mol. The number of aliphatic hydroxyl groups excluding tert-OH is 1. The molecule has 39 heavy (non-hydrogen) atoms. The van der Waals surface area contributed by atoms with Crippen LogP contribution in [0, 0.1) is 11.8 Å². The Balaban J connectivity index is 1.52. The van der Waals surface area contributed by atoms with Crippen LogP contribution in [0.25, 0.3) is 0 Å². The Morgan fingerprint density at radius 2 is 1.36 bits per heavy atom. The lowest BCUT2D eigenvalue weighted by Crippen LogP contribution is -2.44. The maximum absolute atomic E-state index is 13.3. The molecule has 3 aromatic rings. The van der Waals surface area contributed by atoms with Crippen molar-refractivity contribution in [1.29, 1.82) is 0 Å². The molecule has 1 saturated carbocycles. The van der Waals surface area contributed by atoms with Crippen molar-refractivity contribution in [3.8, 4) is 23.0 Å². The average Bonchev–Trinajstić information content (AvgIpc) is 2.88. The molecule has 0 aromatic heterocycles. The van der Waals surface area contributed by atoms with Gasteiger partial charge in [0.25, 0.3) is 0 Å². The Labute approximate surface area is 222 Å². The number of benzene rings is 3. The molecule has 1 N–H and O–H groups in total. The van der Waals surface area contributed by atoms with Crippen LogP contribution in [0.4, 0.5) is 32.0 Å². The minimum atomic E-state index is -4.87. The molecule has 0 amide bonds. The fourth-order valence-electron chi connectivity index (χ4n) is 4.77. The molecule has 0 bridgehead atoms. The van der Waals surface area contributed by atoms with Gasteiger partial charge in [0.1, 0.15) is 23.0 Å². The highest BCUT2D eigenvalue weighted by atomic mass is 19.4. The highest BCUT2D eigenvalue weighted by Crippen LogP contribution is 2.41. The van der Waals surface area contributed by atoms with E-state index >= 15 is 0 Å². The van der Waals surface area contributed by atoms with E-state index in [-0.39, 0.29) is 19.4 Å². The fourth-order valence-corrected chi connectivity index (χ4v) is 4.77. The van der Waals surface area contributed by atoms with Gasteiger partial charge in [-0.2, -0.15) is 26.3 Å². The highest BCUT2D eigenvalue weighted by Gasteiger charge is 2.43. The molecule has 0 spiro atoms. The van der Waals surface area contributed by atoms with Crippen LogP contribution in [0.1, 0.15) is 25.7 Å². The lowest BCUT2D eigenvalue weighted by Gasteiger charge is -2.36. The number of alkyl halides is 6. The van der Waals surface area contributed by atoms with E-state index in [2.05, 4.69) is 0 Å². The van der Waals surface area contributed by atoms with Crippen molar-refractivity contribution in [2.45, 2.75) is 44.1 Å². The first-order valence-corrected chi connectivity index (χ1v) is 12.6. The molecule has 3 atom stereocenters. The first-order chi connectivity index (χ1) is 18.5. The van der Waals surface area contributed by atoms with E-state index in [4.69, 9.17) is 9.47 Å². The van der Waals surface area contributed by atoms with Crippen LogP contribution in [0.3, 0.4) is 0 Å². The van der Waals surface area contributed by atoms with Gasteiger partial charge >= 0.3 is 12.4 Å². The lowest BCUT2D eigenvalue weighted by atomic mass is 9.80. The van der Waals surface area contributed by atoms with E-state index in [1.807, 2.05) is 18.2 Å². The van der Waals surface area contributed by atoms with Gasteiger partial charge < -0.3 is 19.5 Å². The van der Waals surface area contributed by atoms with Crippen LogP contribution in [-0.4, -0.2) is 36.7 Å². The van der Waals surface area contributed by atoms with Gasteiger partial charge in [0.05, 0.1) is 12.5 Å². The summed E-state index contributed by atoms with van der Waals surface area (Å²) in [6, 6.07) is 22.2. The van der Waals surface area contributed by atoms with Crippen molar-refractivity contribution in [1.82, 2.24) is 0 Å². The lowest BCUT2D eigenvalue weighted by molar-refractivity contribution is -0.200. The molecule has 4 nitrogen and oxygen atoms in total. The summed E-state index contributed by atoms with van der Waals surface area (Å²) in [6.07, 6.45) is -11.2. The summed E-state index contributed by atoms with van der Waals surface area (Å²) < 4.78 is 91.4. The third kappa shape index (κ3) is 8.29. The second-order valence-electron chi connectivity index (χ2n) is 9.72. The molecule has 1 aliphatic carbocycles. The number of hydrogen-bond donors (Lipinski definition) is 1. The molecule has 3 aromatic carbocycles. The Morgan fingerprint density at radius 1 is 0.769 bits per heavy atom. The summed E-state index contributed by atoms with van der Waals surface area (Å²) >= 11 is 0. The number of anilines is 1. The molecule has 1 fully saturated rings. The third-order valence-electron chi connectivity index (χ3n) is 6.70. The zero-order chi connectivity index (χ0) is 28.0. The Hall–Kier alpha value is -3.40. The van der Waals surface area contributed by atoms with E-state index < -0.39 is 36.8 Å². The van der Waals surface area contributed by atoms with Gasteiger partial charge in [-0.1, -0.05) is 36.8 Å². The Morgan fingerprint density at radius 3 is 2.00 bits per heavy atom. The topological polar surface area (TPSA) is 41.9 Å². The first-order valence-electron chi connectivity index (χ1n) is 12.6. The molecule has 0 radical (unpaired) electrons. The van der Waals surface area contributed by atoms with Gasteiger partial charge in [0.2, 0.25) is 0 Å². The van der Waals surface area contributed by atoms with Crippen LogP contribution >= 0.6 is 0 Å². The molecule has 210 valence electrons. The highest BCUT2D eigenvalue weighted by molar-refractivity contribution is 5.52. The van der Waals surface area contributed by atoms with Gasteiger partial charge in [-0.15, -0.1) is 0 Å². The zero-order valence-corrected chi connectivity index (χ0v) is 21.0. The summed E-state index contributed by atoms with van der Waals surface area (Å²) in [7, 11) is 0. The number of rotatable bonds is 9. The SMILES string of the molecule is OC(CN(CC1CCCC(C(F)(F)F)C1)c1cccc(Oc2cccc(Oc3ccccc3)c2)c1)C(F)(F)F. The number of halogens is 6. The minimum Gasteiger partial charge on any atom is -0.457 e. The van der Waals surface area contributed by atoms with Crippen molar-refractivity contribution in [3.05, 3.63) is 78.9 Å². The maximum atomic E-state index is 13.3. The van der Waals surface area contributed by atoms with Crippen molar-refractivity contribution in [2.75, 3.05) is 18.0 Å². The smallest absolute Gasteiger partial charge is 0.416 e. The predicted octanol–water partition coefficient (Wildman–Crippen LogP) is 8.37.